The topological polar surface area (TPSA) is 56.0 Å². The zero-order valence-corrected chi connectivity index (χ0v) is 11.5. The lowest BCUT2D eigenvalue weighted by atomic mass is 9.66. The van der Waals surface area contributed by atoms with Gasteiger partial charge in [-0.15, -0.1) is 0 Å². The summed E-state index contributed by atoms with van der Waals surface area (Å²) in [5.74, 6) is 0. The molecule has 6 heteroatoms. The number of hydrogen-bond donors (Lipinski definition) is 2. The van der Waals surface area contributed by atoms with Gasteiger partial charge in [-0.05, 0) is 42.9 Å². The largest absolute Gasteiger partial charge is 0.416 e. The van der Waals surface area contributed by atoms with Crippen molar-refractivity contribution in [1.82, 2.24) is 0 Å². The highest BCUT2D eigenvalue weighted by atomic mass is 19.4. The predicted octanol–water partition coefficient (Wildman–Crippen LogP) is 3.54. The van der Waals surface area contributed by atoms with E-state index in [2.05, 4.69) is 5.32 Å². The standard InChI is InChI=1S/C15H17F3N2O/c16-15(17,18)12-2-3-13(11(8-12)9-19)20-10-14(6-7-21)4-1-5-14/h2-3,8,20-21H,1,4-7,10H2. The van der Waals surface area contributed by atoms with Crippen molar-refractivity contribution >= 4 is 5.69 Å². The average Bonchev–Trinajstić information content (AvgIpc) is 2.40. The van der Waals surface area contributed by atoms with Crippen LogP contribution in [0.5, 0.6) is 0 Å². The highest BCUT2D eigenvalue weighted by molar-refractivity contribution is 5.59. The van der Waals surface area contributed by atoms with E-state index in [1.807, 2.05) is 0 Å². The lowest BCUT2D eigenvalue weighted by Crippen LogP contribution is -2.37. The van der Waals surface area contributed by atoms with E-state index >= 15 is 0 Å². The number of halogens is 3. The molecule has 0 unspecified atom stereocenters. The second-order valence-electron chi connectivity index (χ2n) is 5.55. The number of nitriles is 1. The lowest BCUT2D eigenvalue weighted by molar-refractivity contribution is -0.137. The summed E-state index contributed by atoms with van der Waals surface area (Å²) in [4.78, 5) is 0. The molecule has 2 N–H and O–H groups in total. The van der Waals surface area contributed by atoms with Crippen LogP contribution in [-0.2, 0) is 6.18 Å². The molecule has 0 radical (unpaired) electrons. The molecule has 114 valence electrons. The fourth-order valence-electron chi connectivity index (χ4n) is 2.68. The summed E-state index contributed by atoms with van der Waals surface area (Å²) in [6.45, 7) is 0.660. The van der Waals surface area contributed by atoms with Crippen LogP contribution in [0.1, 0.15) is 36.8 Å². The maximum Gasteiger partial charge on any atom is 0.416 e. The molecule has 1 aliphatic rings. The van der Waals surface area contributed by atoms with Crippen LogP contribution in [0.25, 0.3) is 0 Å². The smallest absolute Gasteiger partial charge is 0.396 e. The van der Waals surface area contributed by atoms with Gasteiger partial charge in [0.1, 0.15) is 6.07 Å². The second kappa shape index (κ2) is 5.94. The Balaban J connectivity index is 2.12. The first kappa shape index (κ1) is 15.6. The van der Waals surface area contributed by atoms with Gasteiger partial charge in [0.15, 0.2) is 0 Å². The van der Waals surface area contributed by atoms with Crippen molar-refractivity contribution < 1.29 is 18.3 Å². The fraction of sp³-hybridized carbons (Fsp3) is 0.533. The van der Waals surface area contributed by atoms with Crippen LogP contribution in [0.15, 0.2) is 18.2 Å². The molecule has 1 saturated carbocycles. The molecule has 0 bridgehead atoms. The van der Waals surface area contributed by atoms with Crippen molar-refractivity contribution in [2.45, 2.75) is 31.9 Å². The molecule has 3 nitrogen and oxygen atoms in total. The van der Waals surface area contributed by atoms with Gasteiger partial charge in [-0.25, -0.2) is 0 Å². The molecular formula is C15H17F3N2O. The number of benzene rings is 1. The molecule has 0 amide bonds. The van der Waals surface area contributed by atoms with Crippen molar-refractivity contribution in [3.8, 4) is 6.07 Å². The number of nitrogens with zero attached hydrogens (tertiary/aromatic N) is 1. The molecule has 0 aromatic heterocycles. The summed E-state index contributed by atoms with van der Waals surface area (Å²) < 4.78 is 37.9. The van der Waals surface area contributed by atoms with Crippen LogP contribution in [0, 0.1) is 16.7 Å². The highest BCUT2D eigenvalue weighted by Crippen LogP contribution is 2.44. The van der Waals surface area contributed by atoms with Crippen LogP contribution in [-0.4, -0.2) is 18.3 Å². The van der Waals surface area contributed by atoms with E-state index < -0.39 is 11.7 Å². The first-order chi connectivity index (χ1) is 9.90. The molecule has 1 aromatic rings. The van der Waals surface area contributed by atoms with Crippen LogP contribution in [0.2, 0.25) is 0 Å². The van der Waals surface area contributed by atoms with Crippen molar-refractivity contribution in [3.63, 3.8) is 0 Å². The number of nitrogens with one attached hydrogen (secondary N) is 1. The van der Waals surface area contributed by atoms with Gasteiger partial charge in [-0.1, -0.05) is 6.42 Å². The fourth-order valence-corrected chi connectivity index (χ4v) is 2.68. The summed E-state index contributed by atoms with van der Waals surface area (Å²) in [5.41, 5.74) is -0.416. The Bertz CT molecular complexity index is 545. The molecule has 0 heterocycles. The minimum atomic E-state index is -4.45. The Morgan fingerprint density at radius 2 is 2.05 bits per heavy atom. The van der Waals surface area contributed by atoms with E-state index in [1.165, 1.54) is 6.07 Å². The van der Waals surface area contributed by atoms with Crippen LogP contribution in [0.3, 0.4) is 0 Å². The molecule has 1 aromatic carbocycles. The number of aliphatic hydroxyl groups is 1. The Labute approximate surface area is 121 Å². The number of anilines is 1. The quantitative estimate of drug-likeness (QED) is 0.874. The van der Waals surface area contributed by atoms with E-state index in [0.29, 0.717) is 18.7 Å². The molecule has 0 atom stereocenters. The van der Waals surface area contributed by atoms with Gasteiger partial charge in [0.25, 0.3) is 0 Å². The summed E-state index contributed by atoms with van der Waals surface area (Å²) in [6, 6.07) is 4.94. The Morgan fingerprint density at radius 1 is 1.33 bits per heavy atom. The molecule has 0 saturated heterocycles. The molecule has 1 fully saturated rings. The van der Waals surface area contributed by atoms with Crippen molar-refractivity contribution in [2.24, 2.45) is 5.41 Å². The number of hydrogen-bond acceptors (Lipinski definition) is 3. The molecule has 0 aliphatic heterocycles. The third-order valence-corrected chi connectivity index (χ3v) is 4.18. The summed E-state index contributed by atoms with van der Waals surface area (Å²) in [6.07, 6.45) is -0.704. The Kier molecular flexibility index (Phi) is 4.43. The predicted molar refractivity (Wildman–Crippen MR) is 72.6 cm³/mol. The SMILES string of the molecule is N#Cc1cc(C(F)(F)F)ccc1NCC1(CCO)CCC1. The van der Waals surface area contributed by atoms with Gasteiger partial charge in [-0.2, -0.15) is 18.4 Å². The monoisotopic (exact) mass is 298 g/mol. The first-order valence-corrected chi connectivity index (χ1v) is 6.86. The zero-order chi connectivity index (χ0) is 15.5. The van der Waals surface area contributed by atoms with E-state index in [0.717, 1.165) is 31.4 Å². The molecular weight excluding hydrogens is 281 g/mol. The van der Waals surface area contributed by atoms with E-state index in [-0.39, 0.29) is 17.6 Å². The van der Waals surface area contributed by atoms with Crippen molar-refractivity contribution in [1.29, 1.82) is 5.26 Å². The normalized spacial score (nSPS) is 16.9. The van der Waals surface area contributed by atoms with E-state index in [4.69, 9.17) is 10.4 Å². The minimum Gasteiger partial charge on any atom is -0.396 e. The van der Waals surface area contributed by atoms with Crippen LogP contribution in [0.4, 0.5) is 18.9 Å². The summed E-state index contributed by atoms with van der Waals surface area (Å²) in [7, 11) is 0. The molecule has 0 spiro atoms. The average molecular weight is 298 g/mol. The second-order valence-corrected chi connectivity index (χ2v) is 5.55. The van der Waals surface area contributed by atoms with Gasteiger partial charge in [0.05, 0.1) is 16.8 Å². The first-order valence-electron chi connectivity index (χ1n) is 6.86. The number of alkyl halides is 3. The highest BCUT2D eigenvalue weighted by Gasteiger charge is 2.36. The lowest BCUT2D eigenvalue weighted by Gasteiger charge is -2.42. The molecule has 21 heavy (non-hydrogen) atoms. The van der Waals surface area contributed by atoms with Gasteiger partial charge < -0.3 is 10.4 Å². The van der Waals surface area contributed by atoms with Crippen molar-refractivity contribution in [2.75, 3.05) is 18.5 Å². The van der Waals surface area contributed by atoms with Gasteiger partial charge in [0.2, 0.25) is 0 Å². The molecule has 2 rings (SSSR count). The van der Waals surface area contributed by atoms with Crippen LogP contribution < -0.4 is 5.32 Å². The zero-order valence-electron chi connectivity index (χ0n) is 11.5. The Morgan fingerprint density at radius 3 is 2.52 bits per heavy atom. The maximum atomic E-state index is 12.6. The minimum absolute atomic E-state index is 0.00414. The van der Waals surface area contributed by atoms with E-state index in [9.17, 15) is 13.2 Å². The third-order valence-electron chi connectivity index (χ3n) is 4.18. The van der Waals surface area contributed by atoms with Gasteiger partial charge in [0, 0.05) is 13.2 Å². The third kappa shape index (κ3) is 3.48. The van der Waals surface area contributed by atoms with Crippen molar-refractivity contribution in [3.05, 3.63) is 29.3 Å². The maximum absolute atomic E-state index is 12.6. The number of rotatable bonds is 5. The Hall–Kier alpha value is -1.74. The summed E-state index contributed by atoms with van der Waals surface area (Å²) in [5, 5.41) is 21.2. The molecule has 1 aliphatic carbocycles. The van der Waals surface area contributed by atoms with Gasteiger partial charge >= 0.3 is 6.18 Å². The number of aliphatic hydroxyl groups excluding tert-OH is 1. The summed E-state index contributed by atoms with van der Waals surface area (Å²) >= 11 is 0. The van der Waals surface area contributed by atoms with Crippen LogP contribution >= 0.6 is 0 Å². The van der Waals surface area contributed by atoms with Gasteiger partial charge in [-0.3, -0.25) is 0 Å². The van der Waals surface area contributed by atoms with E-state index in [1.54, 1.807) is 6.07 Å².